The van der Waals surface area contributed by atoms with Crippen LogP contribution in [0.3, 0.4) is 0 Å². The maximum Gasteiger partial charge on any atom is 0.168 e. The number of aromatic nitrogens is 2. The number of hydrogen-bond donors (Lipinski definition) is 1. The summed E-state index contributed by atoms with van der Waals surface area (Å²) >= 11 is 1.54. The predicted octanol–water partition coefficient (Wildman–Crippen LogP) is 3.35. The average molecular weight is 331 g/mol. The molecule has 120 valence electrons. The Kier molecular flexibility index (Phi) is 4.69. The fraction of sp³-hybridized carbons (Fsp3) is 0.412. The lowest BCUT2D eigenvalue weighted by Crippen LogP contribution is -2.30. The van der Waals surface area contributed by atoms with Gasteiger partial charge in [0.1, 0.15) is 5.82 Å². The van der Waals surface area contributed by atoms with E-state index >= 15 is 0 Å². The second kappa shape index (κ2) is 6.73. The highest BCUT2D eigenvalue weighted by Gasteiger charge is 2.37. The van der Waals surface area contributed by atoms with Gasteiger partial charge in [0.25, 0.3) is 0 Å². The Hall–Kier alpha value is -1.84. The summed E-state index contributed by atoms with van der Waals surface area (Å²) in [5.74, 6) is 0.425. The largest absolute Gasteiger partial charge is 0.390 e. The molecule has 4 nitrogen and oxygen atoms in total. The number of nitrogens with zero attached hydrogens (tertiary/aromatic N) is 3. The highest BCUT2D eigenvalue weighted by Crippen LogP contribution is 2.44. The first-order valence-corrected chi connectivity index (χ1v) is 8.58. The second-order valence-electron chi connectivity index (χ2n) is 5.94. The quantitative estimate of drug-likeness (QED) is 0.825. The van der Waals surface area contributed by atoms with E-state index in [1.165, 1.54) is 23.9 Å². The second-order valence-corrected chi connectivity index (χ2v) is 6.88. The molecular formula is C17H18FN3OS. The highest BCUT2D eigenvalue weighted by atomic mass is 32.2. The zero-order chi connectivity index (χ0) is 16.3. The molecule has 1 aromatic heterocycles. The molecule has 3 rings (SSSR count). The van der Waals surface area contributed by atoms with Crippen LogP contribution < -0.4 is 0 Å². The first kappa shape index (κ1) is 16.0. The third kappa shape index (κ3) is 3.41. The van der Waals surface area contributed by atoms with Crippen molar-refractivity contribution in [3.8, 4) is 6.07 Å². The topological polar surface area (TPSA) is 61.8 Å². The molecule has 6 heteroatoms. The summed E-state index contributed by atoms with van der Waals surface area (Å²) < 4.78 is 15.3. The van der Waals surface area contributed by atoms with Crippen LogP contribution in [0.2, 0.25) is 0 Å². The molecule has 1 heterocycles. The molecule has 0 radical (unpaired) electrons. The SMILES string of the molecule is N#CC1(CSc2ncc(CO)n2Cc2cccc(F)c2)CCC1. The van der Waals surface area contributed by atoms with Crippen molar-refractivity contribution >= 4 is 11.8 Å². The van der Waals surface area contributed by atoms with Crippen LogP contribution in [0.4, 0.5) is 4.39 Å². The molecule has 0 atom stereocenters. The van der Waals surface area contributed by atoms with E-state index < -0.39 is 0 Å². The lowest BCUT2D eigenvalue weighted by molar-refractivity contribution is 0.251. The fourth-order valence-electron chi connectivity index (χ4n) is 2.72. The minimum absolute atomic E-state index is 0.119. The Balaban J connectivity index is 1.78. The van der Waals surface area contributed by atoms with E-state index in [1.54, 1.807) is 12.3 Å². The Morgan fingerprint density at radius 3 is 2.87 bits per heavy atom. The number of aliphatic hydroxyl groups is 1. The predicted molar refractivity (Wildman–Crippen MR) is 86.3 cm³/mol. The maximum absolute atomic E-state index is 13.4. The molecule has 0 saturated heterocycles. The smallest absolute Gasteiger partial charge is 0.168 e. The van der Waals surface area contributed by atoms with Crippen molar-refractivity contribution in [2.24, 2.45) is 5.41 Å². The van der Waals surface area contributed by atoms with E-state index in [0.717, 1.165) is 30.0 Å². The summed E-state index contributed by atoms with van der Waals surface area (Å²) in [6.45, 7) is 0.335. The van der Waals surface area contributed by atoms with Gasteiger partial charge < -0.3 is 9.67 Å². The van der Waals surface area contributed by atoms with Gasteiger partial charge in [-0.25, -0.2) is 9.37 Å². The van der Waals surface area contributed by atoms with E-state index in [2.05, 4.69) is 11.1 Å². The van der Waals surface area contributed by atoms with Gasteiger partial charge in [-0.15, -0.1) is 0 Å². The monoisotopic (exact) mass is 331 g/mol. The van der Waals surface area contributed by atoms with E-state index in [0.29, 0.717) is 18.0 Å². The third-order valence-corrected chi connectivity index (χ3v) is 5.60. The van der Waals surface area contributed by atoms with Crippen molar-refractivity contribution in [1.82, 2.24) is 9.55 Å². The van der Waals surface area contributed by atoms with Gasteiger partial charge in [-0.3, -0.25) is 0 Å². The van der Waals surface area contributed by atoms with Crippen molar-refractivity contribution in [3.63, 3.8) is 0 Å². The normalized spacial score (nSPS) is 15.9. The number of benzene rings is 1. The van der Waals surface area contributed by atoms with Crippen LogP contribution in [0.25, 0.3) is 0 Å². The average Bonchev–Trinajstić information content (AvgIpc) is 2.89. The van der Waals surface area contributed by atoms with Gasteiger partial charge in [-0.2, -0.15) is 5.26 Å². The number of rotatable bonds is 6. The Labute approximate surface area is 139 Å². The zero-order valence-electron chi connectivity index (χ0n) is 12.7. The Morgan fingerprint density at radius 2 is 2.26 bits per heavy atom. The number of halogens is 1. The lowest BCUT2D eigenvalue weighted by atomic mass is 9.72. The lowest BCUT2D eigenvalue weighted by Gasteiger charge is -2.34. The van der Waals surface area contributed by atoms with E-state index in [4.69, 9.17) is 0 Å². The highest BCUT2D eigenvalue weighted by molar-refractivity contribution is 7.99. The molecule has 1 fully saturated rings. The summed E-state index contributed by atoms with van der Waals surface area (Å²) in [5, 5.41) is 19.6. The molecular weight excluding hydrogens is 313 g/mol. The standard InChI is InChI=1S/C17H18FN3OS/c18-14-4-1-3-13(7-14)9-21-15(10-22)8-20-16(21)23-12-17(11-19)5-2-6-17/h1,3-4,7-8,22H,2,5-6,9-10,12H2. The van der Waals surface area contributed by atoms with Crippen LogP contribution in [0.15, 0.2) is 35.6 Å². The molecule has 0 aliphatic heterocycles. The van der Waals surface area contributed by atoms with E-state index in [9.17, 15) is 14.8 Å². The molecule has 1 aliphatic carbocycles. The molecule has 1 saturated carbocycles. The van der Waals surface area contributed by atoms with Gasteiger partial charge >= 0.3 is 0 Å². The van der Waals surface area contributed by atoms with Crippen LogP contribution in [-0.2, 0) is 13.2 Å². The van der Waals surface area contributed by atoms with Crippen LogP contribution in [-0.4, -0.2) is 20.4 Å². The van der Waals surface area contributed by atoms with Gasteiger partial charge in [-0.1, -0.05) is 30.3 Å². The molecule has 1 aliphatic rings. The third-order valence-electron chi connectivity index (χ3n) is 4.32. The summed E-state index contributed by atoms with van der Waals surface area (Å²) in [7, 11) is 0. The molecule has 1 aromatic carbocycles. The van der Waals surface area contributed by atoms with Crippen LogP contribution in [0.1, 0.15) is 30.5 Å². The molecule has 0 bridgehead atoms. The minimum Gasteiger partial charge on any atom is -0.390 e. The van der Waals surface area contributed by atoms with E-state index in [-0.39, 0.29) is 17.8 Å². The van der Waals surface area contributed by atoms with Crippen molar-refractivity contribution in [1.29, 1.82) is 5.26 Å². The first-order chi connectivity index (χ1) is 11.2. The van der Waals surface area contributed by atoms with E-state index in [1.807, 2.05) is 10.6 Å². The fourth-order valence-corrected chi connectivity index (χ4v) is 3.94. The van der Waals surface area contributed by atoms with Crippen LogP contribution >= 0.6 is 11.8 Å². The molecule has 1 N–H and O–H groups in total. The molecule has 23 heavy (non-hydrogen) atoms. The van der Waals surface area contributed by atoms with Crippen LogP contribution in [0, 0.1) is 22.6 Å². The number of imidazole rings is 1. The Morgan fingerprint density at radius 1 is 1.43 bits per heavy atom. The molecule has 2 aromatic rings. The van der Waals surface area contributed by atoms with Gasteiger partial charge in [0.05, 0.1) is 36.5 Å². The Bertz CT molecular complexity index is 734. The van der Waals surface area contributed by atoms with Gasteiger partial charge in [-0.05, 0) is 30.5 Å². The minimum atomic E-state index is -0.278. The van der Waals surface area contributed by atoms with Crippen molar-refractivity contribution < 1.29 is 9.50 Å². The van der Waals surface area contributed by atoms with Gasteiger partial charge in [0, 0.05) is 5.75 Å². The number of nitriles is 1. The molecule has 0 unspecified atom stereocenters. The summed E-state index contributed by atoms with van der Waals surface area (Å²) in [6, 6.07) is 8.84. The molecule has 0 spiro atoms. The van der Waals surface area contributed by atoms with Gasteiger partial charge in [0.2, 0.25) is 0 Å². The summed E-state index contributed by atoms with van der Waals surface area (Å²) in [4.78, 5) is 4.36. The number of hydrogen-bond acceptors (Lipinski definition) is 4. The van der Waals surface area contributed by atoms with Gasteiger partial charge in [0.15, 0.2) is 5.16 Å². The maximum atomic E-state index is 13.4. The van der Waals surface area contributed by atoms with Crippen LogP contribution in [0.5, 0.6) is 0 Å². The number of aliphatic hydroxyl groups excluding tert-OH is 1. The van der Waals surface area contributed by atoms with Crippen molar-refractivity contribution in [3.05, 3.63) is 47.5 Å². The van der Waals surface area contributed by atoms with Crippen molar-refractivity contribution in [2.45, 2.75) is 37.6 Å². The van der Waals surface area contributed by atoms with Crippen molar-refractivity contribution in [2.75, 3.05) is 5.75 Å². The first-order valence-electron chi connectivity index (χ1n) is 7.59. The molecule has 0 amide bonds. The number of thioether (sulfide) groups is 1. The zero-order valence-corrected chi connectivity index (χ0v) is 13.5. The summed E-state index contributed by atoms with van der Waals surface area (Å²) in [5.41, 5.74) is 1.27. The summed E-state index contributed by atoms with van der Waals surface area (Å²) in [6.07, 6.45) is 4.62.